The molecule has 3 rings (SSSR count). The lowest BCUT2D eigenvalue weighted by molar-refractivity contribution is -0.148. The van der Waals surface area contributed by atoms with Gasteiger partial charge in [0.05, 0.1) is 12.5 Å². The monoisotopic (exact) mass is 306 g/mol. The van der Waals surface area contributed by atoms with E-state index < -0.39 is 0 Å². The predicted molar refractivity (Wildman–Crippen MR) is 80.8 cm³/mol. The summed E-state index contributed by atoms with van der Waals surface area (Å²) < 4.78 is 7.07. The average Bonchev–Trinajstić information content (AvgIpc) is 3.18. The Kier molecular flexibility index (Phi) is 4.19. The maximum absolute atomic E-state index is 11.9. The van der Waals surface area contributed by atoms with Gasteiger partial charge in [0, 0.05) is 25.5 Å². The summed E-state index contributed by atoms with van der Waals surface area (Å²) in [6.07, 6.45) is 5.75. The lowest BCUT2D eigenvalue weighted by Crippen LogP contribution is -2.39. The average molecular weight is 306 g/mol. The van der Waals surface area contributed by atoms with Gasteiger partial charge in [-0.1, -0.05) is 11.3 Å². The topological polar surface area (TPSA) is 60.2 Å². The van der Waals surface area contributed by atoms with Crippen molar-refractivity contribution in [1.29, 1.82) is 0 Å². The van der Waals surface area contributed by atoms with E-state index in [4.69, 9.17) is 4.74 Å². The lowest BCUT2D eigenvalue weighted by atomic mass is 9.99. The highest BCUT2D eigenvalue weighted by atomic mass is 32.1. The largest absolute Gasteiger partial charge is 0.466 e. The quantitative estimate of drug-likeness (QED) is 0.810. The molecule has 1 saturated heterocycles. The fourth-order valence-electron chi connectivity index (χ4n) is 2.51. The molecule has 0 unspecified atom stereocenters. The van der Waals surface area contributed by atoms with E-state index in [1.54, 1.807) is 0 Å². The highest BCUT2D eigenvalue weighted by Crippen LogP contribution is 2.28. The van der Waals surface area contributed by atoms with E-state index in [9.17, 15) is 4.79 Å². The van der Waals surface area contributed by atoms with Gasteiger partial charge in [-0.25, -0.2) is 0 Å². The van der Waals surface area contributed by atoms with Crippen LogP contribution in [-0.4, -0.2) is 40.4 Å². The molecular weight excluding hydrogens is 288 g/mol. The van der Waals surface area contributed by atoms with Gasteiger partial charge in [0.25, 0.3) is 0 Å². The third kappa shape index (κ3) is 3.07. The third-order valence-corrected chi connectivity index (χ3v) is 4.54. The Morgan fingerprint density at radius 3 is 2.90 bits per heavy atom. The summed E-state index contributed by atoms with van der Waals surface area (Å²) in [6.45, 7) is 3.86. The summed E-state index contributed by atoms with van der Waals surface area (Å²) in [7, 11) is 0. The number of hydrogen-bond donors (Lipinski definition) is 0. The summed E-state index contributed by atoms with van der Waals surface area (Å²) >= 11 is 1.54. The second-order valence-corrected chi connectivity index (χ2v) is 5.93. The Hall–Kier alpha value is -1.89. The summed E-state index contributed by atoms with van der Waals surface area (Å²) in [5.41, 5.74) is 0. The van der Waals surface area contributed by atoms with Crippen LogP contribution in [0.4, 0.5) is 5.13 Å². The third-order valence-electron chi connectivity index (χ3n) is 3.54. The Labute approximate surface area is 127 Å². The van der Waals surface area contributed by atoms with E-state index in [1.807, 2.05) is 36.0 Å². The number of anilines is 1. The van der Waals surface area contributed by atoms with Crippen molar-refractivity contribution in [3.8, 4) is 5.13 Å². The van der Waals surface area contributed by atoms with Gasteiger partial charge in [-0.05, 0) is 31.9 Å². The number of carbonyl (C=O) groups is 1. The first-order chi connectivity index (χ1) is 10.3. The van der Waals surface area contributed by atoms with Crippen molar-refractivity contribution >= 4 is 22.4 Å². The van der Waals surface area contributed by atoms with Crippen molar-refractivity contribution in [3.05, 3.63) is 24.5 Å². The minimum Gasteiger partial charge on any atom is -0.466 e. The Bertz CT molecular complexity index is 596. The molecule has 0 aromatic carbocycles. The van der Waals surface area contributed by atoms with Gasteiger partial charge in [-0.2, -0.15) is 0 Å². The zero-order valence-corrected chi connectivity index (χ0v) is 12.8. The van der Waals surface area contributed by atoms with E-state index in [-0.39, 0.29) is 11.9 Å². The molecule has 3 heterocycles. The van der Waals surface area contributed by atoms with Crippen LogP contribution in [0.5, 0.6) is 0 Å². The normalized spacial score (nSPS) is 18.7. The predicted octanol–water partition coefficient (Wildman–Crippen LogP) is 2.11. The zero-order chi connectivity index (χ0) is 14.7. The number of aromatic nitrogens is 3. The van der Waals surface area contributed by atoms with Crippen LogP contribution in [0, 0.1) is 5.92 Å². The molecule has 1 aliphatic heterocycles. The molecule has 0 aliphatic carbocycles. The number of hydrogen-bond acceptors (Lipinski definition) is 6. The van der Waals surface area contributed by atoms with Crippen LogP contribution in [0.1, 0.15) is 19.8 Å². The molecule has 6 nitrogen and oxygen atoms in total. The molecule has 1 aliphatic rings. The number of esters is 1. The van der Waals surface area contributed by atoms with Gasteiger partial charge in [0.2, 0.25) is 10.3 Å². The van der Waals surface area contributed by atoms with Gasteiger partial charge < -0.3 is 9.64 Å². The van der Waals surface area contributed by atoms with E-state index >= 15 is 0 Å². The van der Waals surface area contributed by atoms with Crippen LogP contribution in [0.3, 0.4) is 0 Å². The van der Waals surface area contributed by atoms with E-state index in [1.165, 1.54) is 11.3 Å². The molecule has 1 fully saturated rings. The van der Waals surface area contributed by atoms with Crippen molar-refractivity contribution in [2.24, 2.45) is 5.92 Å². The lowest BCUT2D eigenvalue weighted by Gasteiger charge is -2.30. The zero-order valence-electron chi connectivity index (χ0n) is 11.9. The fourth-order valence-corrected chi connectivity index (χ4v) is 3.35. The Balaban J connectivity index is 1.70. The summed E-state index contributed by atoms with van der Waals surface area (Å²) in [6, 6.07) is 3.91. The first-order valence-electron chi connectivity index (χ1n) is 7.16. The van der Waals surface area contributed by atoms with E-state index in [0.29, 0.717) is 13.2 Å². The maximum Gasteiger partial charge on any atom is 0.310 e. The second-order valence-electron chi connectivity index (χ2n) is 4.99. The van der Waals surface area contributed by atoms with Crippen molar-refractivity contribution < 1.29 is 9.53 Å². The Morgan fingerprint density at radius 1 is 1.38 bits per heavy atom. The molecule has 112 valence electrons. The number of nitrogens with zero attached hydrogens (tertiary/aromatic N) is 4. The van der Waals surface area contributed by atoms with Crippen molar-refractivity contribution in [1.82, 2.24) is 14.8 Å². The molecule has 0 bridgehead atoms. The first-order valence-corrected chi connectivity index (χ1v) is 7.98. The number of carbonyl (C=O) groups excluding carboxylic acids is 1. The minimum atomic E-state index is -0.0997. The van der Waals surface area contributed by atoms with Gasteiger partial charge in [0.15, 0.2) is 0 Å². The van der Waals surface area contributed by atoms with Gasteiger partial charge in [-0.3, -0.25) is 9.36 Å². The summed E-state index contributed by atoms with van der Waals surface area (Å²) in [5, 5.41) is 10.2. The van der Waals surface area contributed by atoms with Crippen LogP contribution in [0.2, 0.25) is 0 Å². The molecule has 0 spiro atoms. The number of piperidine rings is 1. The standard InChI is InChI=1S/C14H18N4O2S/c1-2-20-12(19)11-6-5-9-18(10-11)14-16-15-13(21-14)17-7-3-4-8-17/h3-4,7-8,11H,2,5-6,9-10H2,1H3/t11-/m0/s1. The van der Waals surface area contributed by atoms with Crippen molar-refractivity contribution in [3.63, 3.8) is 0 Å². The molecule has 0 N–H and O–H groups in total. The van der Waals surface area contributed by atoms with Crippen LogP contribution in [0.15, 0.2) is 24.5 Å². The first kappa shape index (κ1) is 14.1. The smallest absolute Gasteiger partial charge is 0.310 e. The van der Waals surface area contributed by atoms with Crippen molar-refractivity contribution in [2.75, 3.05) is 24.6 Å². The fraction of sp³-hybridized carbons (Fsp3) is 0.500. The van der Waals surface area contributed by atoms with Gasteiger partial charge in [-0.15, -0.1) is 10.2 Å². The van der Waals surface area contributed by atoms with E-state index in [2.05, 4.69) is 15.1 Å². The molecular formula is C14H18N4O2S. The SMILES string of the molecule is CCOC(=O)[C@H]1CCCN(c2nnc(-n3cccc3)s2)C1. The maximum atomic E-state index is 11.9. The van der Waals surface area contributed by atoms with Crippen LogP contribution >= 0.6 is 11.3 Å². The molecule has 2 aromatic rings. The Morgan fingerprint density at radius 2 is 2.14 bits per heavy atom. The second kappa shape index (κ2) is 6.26. The number of rotatable bonds is 4. The molecule has 0 radical (unpaired) electrons. The van der Waals surface area contributed by atoms with Gasteiger partial charge >= 0.3 is 5.97 Å². The summed E-state index contributed by atoms with van der Waals surface area (Å²) in [4.78, 5) is 14.0. The van der Waals surface area contributed by atoms with Crippen LogP contribution in [0.25, 0.3) is 5.13 Å². The van der Waals surface area contributed by atoms with E-state index in [0.717, 1.165) is 29.6 Å². The van der Waals surface area contributed by atoms with Crippen molar-refractivity contribution in [2.45, 2.75) is 19.8 Å². The number of ether oxygens (including phenoxy) is 1. The highest BCUT2D eigenvalue weighted by molar-refractivity contribution is 7.17. The molecule has 0 amide bonds. The highest BCUT2D eigenvalue weighted by Gasteiger charge is 2.28. The molecule has 1 atom stereocenters. The van der Waals surface area contributed by atoms with Crippen LogP contribution < -0.4 is 4.90 Å². The van der Waals surface area contributed by atoms with Crippen LogP contribution in [-0.2, 0) is 9.53 Å². The minimum absolute atomic E-state index is 0.0578. The molecule has 7 heteroatoms. The summed E-state index contributed by atoms with van der Waals surface area (Å²) in [5.74, 6) is -0.157. The molecule has 0 saturated carbocycles. The van der Waals surface area contributed by atoms with Gasteiger partial charge in [0.1, 0.15) is 0 Å². The molecule has 2 aromatic heterocycles. The molecule has 21 heavy (non-hydrogen) atoms.